The molecule has 5 atom stereocenters. The van der Waals surface area contributed by atoms with Gasteiger partial charge < -0.3 is 14.2 Å². The predicted octanol–water partition coefficient (Wildman–Crippen LogP) is 4.49. The van der Waals surface area contributed by atoms with Crippen LogP contribution in [0.5, 0.6) is 11.5 Å². The molecule has 0 aromatic heterocycles. The van der Waals surface area contributed by atoms with Gasteiger partial charge in [-0.1, -0.05) is 66.7 Å². The van der Waals surface area contributed by atoms with E-state index < -0.39 is 33.2 Å². The van der Waals surface area contributed by atoms with Crippen LogP contribution in [0.25, 0.3) is 0 Å². The lowest BCUT2D eigenvalue weighted by Crippen LogP contribution is -2.79. The van der Waals surface area contributed by atoms with Gasteiger partial charge in [0.25, 0.3) is 0 Å². The average Bonchev–Trinajstić information content (AvgIpc) is 3.36. The number of methoxy groups -OCH3 is 1. The van der Waals surface area contributed by atoms with Crippen LogP contribution in [0.15, 0.2) is 72.8 Å². The van der Waals surface area contributed by atoms with Crippen molar-refractivity contribution in [2.45, 2.75) is 74.0 Å². The number of ether oxygens (including phenoxy) is 3. The molecule has 44 heavy (non-hydrogen) atoms. The van der Waals surface area contributed by atoms with Crippen molar-refractivity contribution in [3.05, 3.63) is 95.1 Å². The summed E-state index contributed by atoms with van der Waals surface area (Å²) in [4.78, 5) is 15.5. The summed E-state index contributed by atoms with van der Waals surface area (Å²) in [5.74, 6) is 0.889. The number of hydrogen-bond donors (Lipinski definition) is 0. The quantitative estimate of drug-likeness (QED) is 0.328. The second-order valence-electron chi connectivity index (χ2n) is 12.7. The third-order valence-corrected chi connectivity index (χ3v) is 12.5. The summed E-state index contributed by atoms with van der Waals surface area (Å²) in [5, 5.41) is 0. The molecule has 4 aliphatic rings. The maximum absolute atomic E-state index is 13.9. The van der Waals surface area contributed by atoms with Crippen LogP contribution in [0.2, 0.25) is 0 Å². The van der Waals surface area contributed by atoms with Crippen molar-refractivity contribution in [1.29, 1.82) is 0 Å². The Morgan fingerprint density at radius 1 is 1.02 bits per heavy atom. The molecule has 3 aromatic rings. The molecule has 0 N–H and O–H groups in total. The van der Waals surface area contributed by atoms with Crippen molar-refractivity contribution < 1.29 is 27.4 Å². The van der Waals surface area contributed by atoms with Gasteiger partial charge in [0, 0.05) is 26.1 Å². The summed E-state index contributed by atoms with van der Waals surface area (Å²) in [6.45, 7) is 3.13. The number of sulfonamides is 1. The SMILES string of the molecule is COc1ccc2c3c1OC1C(N(C)S(=O)(=O)Cc4ccccc4)CC[C@@]4(OC(C)=O)[C@@H](C2)N(CCc2ccccc2)CC[C@]314. The van der Waals surface area contributed by atoms with Gasteiger partial charge in [0.05, 0.1) is 30.4 Å². The van der Waals surface area contributed by atoms with Gasteiger partial charge in [-0.2, -0.15) is 4.31 Å². The molecule has 1 saturated heterocycles. The lowest BCUT2D eigenvalue weighted by molar-refractivity contribution is -0.221. The molecule has 2 bridgehead atoms. The minimum absolute atomic E-state index is 0.0611. The number of benzene rings is 3. The van der Waals surface area contributed by atoms with Crippen molar-refractivity contribution in [3.63, 3.8) is 0 Å². The largest absolute Gasteiger partial charge is 0.493 e. The van der Waals surface area contributed by atoms with Gasteiger partial charge in [-0.25, -0.2) is 8.42 Å². The van der Waals surface area contributed by atoms with Crippen molar-refractivity contribution in [1.82, 2.24) is 9.21 Å². The molecule has 7 rings (SSSR count). The first-order valence-electron chi connectivity index (χ1n) is 15.5. The van der Waals surface area contributed by atoms with Crippen LogP contribution in [0, 0.1) is 0 Å². The maximum Gasteiger partial charge on any atom is 0.303 e. The highest BCUT2D eigenvalue weighted by molar-refractivity contribution is 7.88. The summed E-state index contributed by atoms with van der Waals surface area (Å²) in [7, 11) is -0.374. The predicted molar refractivity (Wildman–Crippen MR) is 167 cm³/mol. The molecule has 3 aromatic carbocycles. The molecule has 1 saturated carbocycles. The van der Waals surface area contributed by atoms with E-state index in [2.05, 4.69) is 35.2 Å². The van der Waals surface area contributed by atoms with Crippen LogP contribution in [-0.4, -0.2) is 74.6 Å². The summed E-state index contributed by atoms with van der Waals surface area (Å²) >= 11 is 0. The first-order chi connectivity index (χ1) is 21.2. The Morgan fingerprint density at radius 2 is 1.73 bits per heavy atom. The summed E-state index contributed by atoms with van der Waals surface area (Å²) in [6.07, 6.45) is 2.83. The highest BCUT2D eigenvalue weighted by atomic mass is 32.2. The first kappa shape index (κ1) is 29.3. The first-order valence-corrected chi connectivity index (χ1v) is 17.2. The lowest BCUT2D eigenvalue weighted by atomic mass is 9.48. The zero-order valence-electron chi connectivity index (χ0n) is 25.6. The van der Waals surface area contributed by atoms with Gasteiger partial charge in [-0.15, -0.1) is 0 Å². The zero-order valence-corrected chi connectivity index (χ0v) is 26.4. The van der Waals surface area contributed by atoms with Gasteiger partial charge in [-0.05, 0) is 61.4 Å². The van der Waals surface area contributed by atoms with E-state index in [-0.39, 0.29) is 17.8 Å². The number of likely N-dealkylation sites (tertiary alicyclic amines) is 1. The van der Waals surface area contributed by atoms with E-state index in [4.69, 9.17) is 14.2 Å². The third-order valence-electron chi connectivity index (χ3n) is 10.7. The van der Waals surface area contributed by atoms with Gasteiger partial charge in [0.2, 0.25) is 10.0 Å². The van der Waals surface area contributed by atoms with E-state index in [0.29, 0.717) is 30.8 Å². The number of esters is 1. The highest BCUT2D eigenvalue weighted by Gasteiger charge is 2.75. The molecule has 8 nitrogen and oxygen atoms in total. The summed E-state index contributed by atoms with van der Waals surface area (Å²) in [5.41, 5.74) is 2.66. The average molecular weight is 617 g/mol. The number of carbonyl (C=O) groups is 1. The number of rotatable bonds is 9. The molecule has 2 unspecified atom stereocenters. The Kier molecular flexibility index (Phi) is 7.26. The van der Waals surface area contributed by atoms with Crippen LogP contribution < -0.4 is 9.47 Å². The van der Waals surface area contributed by atoms with Crippen molar-refractivity contribution in [3.8, 4) is 11.5 Å². The minimum Gasteiger partial charge on any atom is -0.493 e. The molecule has 2 aliphatic carbocycles. The number of carbonyl (C=O) groups excluding carboxylic acids is 1. The van der Waals surface area contributed by atoms with Crippen molar-refractivity contribution >= 4 is 16.0 Å². The van der Waals surface area contributed by atoms with E-state index in [1.54, 1.807) is 14.2 Å². The number of hydrogen-bond acceptors (Lipinski definition) is 7. The van der Waals surface area contributed by atoms with E-state index in [0.717, 1.165) is 42.6 Å². The molecule has 1 spiro atoms. The van der Waals surface area contributed by atoms with Gasteiger partial charge in [0.1, 0.15) is 11.7 Å². The van der Waals surface area contributed by atoms with Crippen LogP contribution >= 0.6 is 0 Å². The Balaban J connectivity index is 1.32. The smallest absolute Gasteiger partial charge is 0.303 e. The molecule has 9 heteroatoms. The van der Waals surface area contributed by atoms with Gasteiger partial charge >= 0.3 is 5.97 Å². The second kappa shape index (κ2) is 10.9. The Hall–Kier alpha value is -3.40. The molecular formula is C35H40N2O6S. The number of nitrogens with zero attached hydrogens (tertiary/aromatic N) is 2. The van der Waals surface area contributed by atoms with Crippen molar-refractivity contribution in [2.75, 3.05) is 27.2 Å². The Bertz CT molecular complexity index is 1670. The third kappa shape index (κ3) is 4.38. The molecule has 0 amide bonds. The van der Waals surface area contributed by atoms with E-state index in [9.17, 15) is 13.2 Å². The monoisotopic (exact) mass is 616 g/mol. The van der Waals surface area contributed by atoms with Crippen LogP contribution in [0.3, 0.4) is 0 Å². The molecule has 0 radical (unpaired) electrons. The normalized spacial score (nSPS) is 28.7. The molecule has 232 valence electrons. The maximum atomic E-state index is 13.9. The lowest BCUT2D eigenvalue weighted by Gasteiger charge is -2.65. The van der Waals surface area contributed by atoms with E-state index in [1.165, 1.54) is 16.8 Å². The highest BCUT2D eigenvalue weighted by Crippen LogP contribution is 2.67. The number of piperidine rings is 1. The van der Waals surface area contributed by atoms with E-state index >= 15 is 0 Å². The van der Waals surface area contributed by atoms with Crippen LogP contribution in [0.4, 0.5) is 0 Å². The fourth-order valence-electron chi connectivity index (χ4n) is 8.84. The van der Waals surface area contributed by atoms with Gasteiger partial charge in [0.15, 0.2) is 11.5 Å². The Labute approximate surface area is 260 Å². The molecule has 2 heterocycles. The van der Waals surface area contributed by atoms with E-state index in [1.807, 2.05) is 42.5 Å². The summed E-state index contributed by atoms with van der Waals surface area (Å²) < 4.78 is 48.6. The fraction of sp³-hybridized carbons (Fsp3) is 0.457. The number of likely N-dealkylation sites (N-methyl/N-ethyl adjacent to an activating group) is 1. The van der Waals surface area contributed by atoms with Crippen LogP contribution in [0.1, 0.15) is 48.4 Å². The zero-order chi connectivity index (χ0) is 30.7. The van der Waals surface area contributed by atoms with Gasteiger partial charge in [-0.3, -0.25) is 9.69 Å². The summed E-state index contributed by atoms with van der Waals surface area (Å²) in [6, 6.07) is 23.3. The fourth-order valence-corrected chi connectivity index (χ4v) is 10.3. The molecular weight excluding hydrogens is 576 g/mol. The molecule has 2 fully saturated rings. The second-order valence-corrected chi connectivity index (χ2v) is 14.8. The van der Waals surface area contributed by atoms with Crippen LogP contribution in [-0.2, 0) is 43.6 Å². The Morgan fingerprint density at radius 3 is 2.41 bits per heavy atom. The van der Waals surface area contributed by atoms with Crippen molar-refractivity contribution in [2.24, 2.45) is 0 Å². The standard InChI is InChI=1S/C35H40N2O6S/c1-24(38)43-35-18-16-28(36(2)44(39,40)23-26-12-8-5-9-13-26)33-34(35)19-21-37(20-17-25-10-6-4-7-11-25)30(35)22-27-14-15-29(41-3)32(42-33)31(27)34/h4-15,28,30,33H,16-23H2,1-3H3/t28?,30-,33?,34+,35-/m1/s1. The minimum atomic E-state index is -3.68. The molecule has 2 aliphatic heterocycles. The topological polar surface area (TPSA) is 85.4 Å².